The summed E-state index contributed by atoms with van der Waals surface area (Å²) in [7, 11) is 0. The van der Waals surface area contributed by atoms with Gasteiger partial charge in [-0.25, -0.2) is 0 Å². The van der Waals surface area contributed by atoms with E-state index in [1.807, 2.05) is 41.4 Å². The number of carbonyl (C=O) groups excluding carboxylic acids is 1. The fourth-order valence-corrected chi connectivity index (χ4v) is 4.33. The first-order chi connectivity index (χ1) is 15.1. The molecule has 2 heterocycles. The van der Waals surface area contributed by atoms with Crippen molar-refractivity contribution in [1.82, 2.24) is 9.88 Å². The van der Waals surface area contributed by atoms with Crippen LogP contribution in [0.2, 0.25) is 0 Å². The first-order valence-corrected chi connectivity index (χ1v) is 10.9. The van der Waals surface area contributed by atoms with Crippen LogP contribution in [0.3, 0.4) is 0 Å². The topological polar surface area (TPSA) is 79.5 Å². The highest BCUT2D eigenvalue weighted by molar-refractivity contribution is 5.94. The highest BCUT2D eigenvalue weighted by Gasteiger charge is 2.25. The third-order valence-electron chi connectivity index (χ3n) is 6.08. The Hall–Kier alpha value is -2.60. The zero-order valence-corrected chi connectivity index (χ0v) is 20.2. The van der Waals surface area contributed by atoms with Crippen LogP contribution in [0.15, 0.2) is 67.0 Å². The third kappa shape index (κ3) is 6.94. The van der Waals surface area contributed by atoms with E-state index in [1.54, 1.807) is 12.3 Å². The van der Waals surface area contributed by atoms with Crippen molar-refractivity contribution in [3.63, 3.8) is 0 Å². The summed E-state index contributed by atoms with van der Waals surface area (Å²) in [6, 6.07) is 17.9. The van der Waals surface area contributed by atoms with Gasteiger partial charge in [0, 0.05) is 32.0 Å². The lowest BCUT2D eigenvalue weighted by Gasteiger charge is -2.32. The molecule has 4 rings (SSSR count). The second-order valence-corrected chi connectivity index (χ2v) is 8.27. The molecule has 7 heteroatoms. The molecule has 176 valence electrons. The molecule has 1 aliphatic rings. The average molecular weight is 488 g/mol. The number of nitrogens with two attached hydrogens (primary N) is 1. The highest BCUT2D eigenvalue weighted by Crippen LogP contribution is 2.31. The van der Waals surface area contributed by atoms with E-state index in [2.05, 4.69) is 23.2 Å². The molecule has 0 spiro atoms. The second-order valence-electron chi connectivity index (χ2n) is 8.27. The monoisotopic (exact) mass is 487 g/mol. The van der Waals surface area contributed by atoms with Crippen LogP contribution in [-0.2, 0) is 19.4 Å². The number of nitrogens with zero attached hydrogens (tertiary/aromatic N) is 2. The number of rotatable bonds is 6. The van der Waals surface area contributed by atoms with Crippen molar-refractivity contribution < 1.29 is 9.90 Å². The summed E-state index contributed by atoms with van der Waals surface area (Å²) in [5.41, 5.74) is 10.8. The Morgan fingerprint density at radius 3 is 2.33 bits per heavy atom. The van der Waals surface area contributed by atoms with Crippen molar-refractivity contribution in [3.05, 3.63) is 94.8 Å². The van der Waals surface area contributed by atoms with Gasteiger partial charge in [0.1, 0.15) is 5.75 Å². The molecule has 0 radical (unpaired) electrons. The quantitative estimate of drug-likeness (QED) is 0.518. The lowest BCUT2D eigenvalue weighted by atomic mass is 9.88. The van der Waals surface area contributed by atoms with Gasteiger partial charge in [-0.05, 0) is 72.1 Å². The zero-order chi connectivity index (χ0) is 21.6. The maximum absolute atomic E-state index is 13.1. The zero-order valence-electron chi connectivity index (χ0n) is 18.5. The number of benzene rings is 2. The predicted molar refractivity (Wildman–Crippen MR) is 136 cm³/mol. The lowest BCUT2D eigenvalue weighted by Crippen LogP contribution is -2.38. The molecule has 3 aromatic rings. The van der Waals surface area contributed by atoms with Crippen LogP contribution < -0.4 is 5.73 Å². The van der Waals surface area contributed by atoms with E-state index >= 15 is 0 Å². The number of aryl methyl sites for hydroxylation is 2. The first-order valence-electron chi connectivity index (χ1n) is 10.9. The molecular formula is C26H31Cl2N3O2. The van der Waals surface area contributed by atoms with Crippen molar-refractivity contribution in [3.8, 4) is 5.75 Å². The van der Waals surface area contributed by atoms with Crippen LogP contribution >= 0.6 is 24.8 Å². The third-order valence-corrected chi connectivity index (χ3v) is 6.08. The fraction of sp³-hybridized carbons (Fsp3) is 0.308. The highest BCUT2D eigenvalue weighted by atomic mass is 35.5. The number of aromatic hydroxyl groups is 1. The van der Waals surface area contributed by atoms with E-state index < -0.39 is 0 Å². The van der Waals surface area contributed by atoms with E-state index in [4.69, 9.17) is 5.73 Å². The largest absolute Gasteiger partial charge is 0.508 e. The summed E-state index contributed by atoms with van der Waals surface area (Å²) < 4.78 is 0. The van der Waals surface area contributed by atoms with Crippen LogP contribution in [0.4, 0.5) is 0 Å². The van der Waals surface area contributed by atoms with Gasteiger partial charge in [0.2, 0.25) is 0 Å². The Morgan fingerprint density at radius 2 is 1.64 bits per heavy atom. The van der Waals surface area contributed by atoms with Crippen molar-refractivity contribution in [2.45, 2.75) is 38.1 Å². The normalized spacial score (nSPS) is 13.7. The number of phenolic OH excluding ortho intramolecular Hbond substituents is 1. The molecule has 1 saturated heterocycles. The molecule has 2 aromatic carbocycles. The molecule has 33 heavy (non-hydrogen) atoms. The van der Waals surface area contributed by atoms with Gasteiger partial charge in [-0.2, -0.15) is 0 Å². The van der Waals surface area contributed by atoms with E-state index in [-0.39, 0.29) is 36.5 Å². The number of likely N-dealkylation sites (tertiary alicyclic amines) is 1. The number of aromatic nitrogens is 1. The van der Waals surface area contributed by atoms with Crippen molar-refractivity contribution in [1.29, 1.82) is 0 Å². The Morgan fingerprint density at radius 1 is 0.939 bits per heavy atom. The predicted octanol–water partition coefficient (Wildman–Crippen LogP) is 4.89. The summed E-state index contributed by atoms with van der Waals surface area (Å²) in [6.45, 7) is 1.81. The van der Waals surface area contributed by atoms with Gasteiger partial charge >= 0.3 is 0 Å². The van der Waals surface area contributed by atoms with Crippen LogP contribution in [0, 0.1) is 0 Å². The van der Waals surface area contributed by atoms with E-state index in [0.717, 1.165) is 42.4 Å². The minimum atomic E-state index is 0. The molecule has 1 aliphatic heterocycles. The number of hydrogen-bond acceptors (Lipinski definition) is 4. The molecule has 0 saturated carbocycles. The van der Waals surface area contributed by atoms with E-state index in [0.29, 0.717) is 31.1 Å². The molecule has 0 bridgehead atoms. The maximum atomic E-state index is 13.1. The van der Waals surface area contributed by atoms with Gasteiger partial charge in [0.25, 0.3) is 5.91 Å². The van der Waals surface area contributed by atoms with Gasteiger partial charge in [-0.1, -0.05) is 36.4 Å². The molecule has 0 unspecified atom stereocenters. The lowest BCUT2D eigenvalue weighted by molar-refractivity contribution is 0.0712. The van der Waals surface area contributed by atoms with Crippen LogP contribution in [0.1, 0.15) is 51.4 Å². The van der Waals surface area contributed by atoms with E-state index in [1.165, 1.54) is 5.56 Å². The van der Waals surface area contributed by atoms with Gasteiger partial charge in [0.05, 0.1) is 5.56 Å². The van der Waals surface area contributed by atoms with Crippen molar-refractivity contribution in [2.75, 3.05) is 13.1 Å². The maximum Gasteiger partial charge on any atom is 0.255 e. The van der Waals surface area contributed by atoms with Gasteiger partial charge in [0.15, 0.2) is 0 Å². The minimum Gasteiger partial charge on any atom is -0.508 e. The summed E-state index contributed by atoms with van der Waals surface area (Å²) in [5.74, 6) is 0.637. The Bertz CT molecular complexity index is 1040. The Kier molecular flexibility index (Phi) is 10.2. The minimum absolute atomic E-state index is 0. The van der Waals surface area contributed by atoms with Gasteiger partial charge < -0.3 is 15.7 Å². The van der Waals surface area contributed by atoms with Crippen LogP contribution in [0.25, 0.3) is 0 Å². The number of amides is 1. The first kappa shape index (κ1) is 26.7. The second kappa shape index (κ2) is 12.6. The Labute approximate surface area is 207 Å². The molecule has 1 aromatic heterocycles. The fourth-order valence-electron chi connectivity index (χ4n) is 4.33. The number of piperidine rings is 1. The molecular weight excluding hydrogens is 457 g/mol. The molecule has 1 amide bonds. The molecule has 5 nitrogen and oxygen atoms in total. The van der Waals surface area contributed by atoms with Gasteiger partial charge in [-0.15, -0.1) is 24.8 Å². The van der Waals surface area contributed by atoms with Crippen molar-refractivity contribution >= 4 is 30.7 Å². The number of hydrogen-bond donors (Lipinski definition) is 2. The van der Waals surface area contributed by atoms with Gasteiger partial charge in [-0.3, -0.25) is 9.78 Å². The molecule has 3 N–H and O–H groups in total. The number of pyridine rings is 1. The van der Waals surface area contributed by atoms with Crippen LogP contribution in [0.5, 0.6) is 5.75 Å². The van der Waals surface area contributed by atoms with Crippen molar-refractivity contribution in [2.24, 2.45) is 5.73 Å². The average Bonchev–Trinajstić information content (AvgIpc) is 2.83. The summed E-state index contributed by atoms with van der Waals surface area (Å²) in [6.07, 6.45) is 7.06. The van der Waals surface area contributed by atoms with E-state index in [9.17, 15) is 9.90 Å². The molecule has 1 fully saturated rings. The smallest absolute Gasteiger partial charge is 0.255 e. The summed E-state index contributed by atoms with van der Waals surface area (Å²) >= 11 is 0. The molecule has 0 atom stereocenters. The number of phenols is 1. The number of carbonyl (C=O) groups is 1. The summed E-state index contributed by atoms with van der Waals surface area (Å²) in [4.78, 5) is 19.3. The SMILES string of the molecule is Cl.Cl.NCc1cc(O)cc(C2CCN(C(=O)c3cncc(CCc4ccccc4)c3)CC2)c1. The Balaban J connectivity index is 0.00000193. The summed E-state index contributed by atoms with van der Waals surface area (Å²) in [5, 5.41) is 9.96. The standard InChI is InChI=1S/C26H29N3O2.2ClH/c27-16-21-13-23(15-25(30)14-21)22-8-10-29(11-9-22)26(31)24-12-20(17-28-18-24)7-6-19-4-2-1-3-5-19;;/h1-5,12-15,17-18,22,30H,6-11,16,27H2;2*1H. The molecule has 0 aliphatic carbocycles. The van der Waals surface area contributed by atoms with Crippen LogP contribution in [-0.4, -0.2) is 34.0 Å². The number of halogens is 2.